The molecule has 116 valence electrons. The molecule has 3 heteroatoms. The number of nitrogens with zero attached hydrogens (tertiary/aromatic N) is 2. The molecular formula is C18H29N3. The number of rotatable bonds is 5. The normalized spacial score (nSPS) is 28.0. The summed E-state index contributed by atoms with van der Waals surface area (Å²) >= 11 is 0. The van der Waals surface area contributed by atoms with Gasteiger partial charge in [-0.1, -0.05) is 24.3 Å². The van der Waals surface area contributed by atoms with E-state index in [4.69, 9.17) is 0 Å². The summed E-state index contributed by atoms with van der Waals surface area (Å²) in [5, 5.41) is 3.60. The number of benzene rings is 1. The predicted octanol–water partition coefficient (Wildman–Crippen LogP) is 2.46. The molecule has 2 fully saturated rings. The van der Waals surface area contributed by atoms with Crippen LogP contribution < -0.4 is 5.32 Å². The van der Waals surface area contributed by atoms with Gasteiger partial charge in [-0.3, -0.25) is 9.80 Å². The molecule has 0 amide bonds. The van der Waals surface area contributed by atoms with Crippen molar-refractivity contribution < 1.29 is 0 Å². The minimum atomic E-state index is 0.647. The van der Waals surface area contributed by atoms with E-state index >= 15 is 0 Å². The summed E-state index contributed by atoms with van der Waals surface area (Å²) < 4.78 is 0. The zero-order chi connectivity index (χ0) is 14.8. The lowest BCUT2D eigenvalue weighted by Gasteiger charge is -2.42. The second kappa shape index (κ2) is 6.47. The fraction of sp³-hybridized carbons (Fsp3) is 0.667. The van der Waals surface area contributed by atoms with Crippen molar-refractivity contribution in [2.45, 2.75) is 57.9 Å². The Morgan fingerprint density at radius 2 is 1.76 bits per heavy atom. The summed E-state index contributed by atoms with van der Waals surface area (Å²) in [5.74, 6) is 0. The number of likely N-dealkylation sites (N-methyl/N-ethyl adjacent to an activating group) is 1. The minimum Gasteiger partial charge on any atom is -0.310 e. The topological polar surface area (TPSA) is 18.5 Å². The molecule has 3 nitrogen and oxygen atoms in total. The van der Waals surface area contributed by atoms with E-state index in [0.717, 1.165) is 19.1 Å². The lowest BCUT2D eigenvalue weighted by Crippen LogP contribution is -2.54. The first kappa shape index (κ1) is 15.0. The van der Waals surface area contributed by atoms with Crippen LogP contribution in [0.5, 0.6) is 0 Å². The zero-order valence-electron chi connectivity index (χ0n) is 13.7. The summed E-state index contributed by atoms with van der Waals surface area (Å²) in [4.78, 5) is 5.09. The van der Waals surface area contributed by atoms with Crippen LogP contribution in [0.3, 0.4) is 0 Å². The molecule has 0 spiro atoms. The van der Waals surface area contributed by atoms with Crippen molar-refractivity contribution in [2.24, 2.45) is 0 Å². The van der Waals surface area contributed by atoms with Gasteiger partial charge in [0.2, 0.25) is 0 Å². The van der Waals surface area contributed by atoms with E-state index in [-0.39, 0.29) is 0 Å². The first-order valence-electron chi connectivity index (χ1n) is 8.37. The van der Waals surface area contributed by atoms with Crippen molar-refractivity contribution in [3.8, 4) is 0 Å². The number of hydrogen-bond donors (Lipinski definition) is 1. The molecule has 2 atom stereocenters. The van der Waals surface area contributed by atoms with E-state index in [1.165, 1.54) is 37.1 Å². The highest BCUT2D eigenvalue weighted by molar-refractivity contribution is 5.23. The molecule has 1 N–H and O–H groups in total. The van der Waals surface area contributed by atoms with Crippen LogP contribution in [0.2, 0.25) is 0 Å². The van der Waals surface area contributed by atoms with E-state index in [9.17, 15) is 0 Å². The Balaban J connectivity index is 1.57. The Morgan fingerprint density at radius 3 is 2.43 bits per heavy atom. The van der Waals surface area contributed by atoms with Gasteiger partial charge in [-0.15, -0.1) is 0 Å². The Kier molecular flexibility index (Phi) is 4.63. The maximum atomic E-state index is 3.60. The quantitative estimate of drug-likeness (QED) is 0.897. The number of hydrogen-bond acceptors (Lipinski definition) is 3. The van der Waals surface area contributed by atoms with Crippen molar-refractivity contribution in [1.82, 2.24) is 15.1 Å². The van der Waals surface area contributed by atoms with Gasteiger partial charge in [0.15, 0.2) is 0 Å². The average Bonchev–Trinajstić information content (AvgIpc) is 3.27. The molecular weight excluding hydrogens is 258 g/mol. The Bertz CT molecular complexity index is 457. The van der Waals surface area contributed by atoms with Crippen molar-refractivity contribution >= 4 is 0 Å². The Morgan fingerprint density at radius 1 is 1.10 bits per heavy atom. The SMILES string of the molecule is CC1CN(Cc2cccc(CNC3CC3)c2)CC(C)N1C. The predicted molar refractivity (Wildman–Crippen MR) is 88.3 cm³/mol. The van der Waals surface area contributed by atoms with Gasteiger partial charge in [0.25, 0.3) is 0 Å². The summed E-state index contributed by atoms with van der Waals surface area (Å²) in [6.45, 7) is 9.11. The minimum absolute atomic E-state index is 0.647. The standard InChI is InChI=1S/C18H29N3/c1-14-11-21(12-15(2)20(14)3)13-17-6-4-5-16(9-17)10-19-18-7-8-18/h4-6,9,14-15,18-19H,7-8,10-13H2,1-3H3. The molecule has 1 aliphatic heterocycles. The Hall–Kier alpha value is -0.900. The van der Waals surface area contributed by atoms with Gasteiger partial charge in [0.1, 0.15) is 0 Å². The number of piperazine rings is 1. The molecule has 0 aromatic heterocycles. The Labute approximate surface area is 129 Å². The first-order chi connectivity index (χ1) is 10.1. The lowest BCUT2D eigenvalue weighted by molar-refractivity contribution is 0.0556. The van der Waals surface area contributed by atoms with Crippen LogP contribution in [-0.2, 0) is 13.1 Å². The van der Waals surface area contributed by atoms with Gasteiger partial charge in [-0.2, -0.15) is 0 Å². The molecule has 3 rings (SSSR count). The van der Waals surface area contributed by atoms with E-state index in [1.807, 2.05) is 0 Å². The maximum Gasteiger partial charge on any atom is 0.0235 e. The molecule has 0 bridgehead atoms. The van der Waals surface area contributed by atoms with Crippen molar-refractivity contribution in [3.63, 3.8) is 0 Å². The number of nitrogens with one attached hydrogen (secondary N) is 1. The van der Waals surface area contributed by atoms with E-state index in [1.54, 1.807) is 0 Å². The molecule has 0 radical (unpaired) electrons. The molecule has 2 unspecified atom stereocenters. The molecule has 2 aliphatic rings. The third kappa shape index (κ3) is 4.06. The average molecular weight is 287 g/mol. The van der Waals surface area contributed by atoms with E-state index in [2.05, 4.69) is 60.3 Å². The van der Waals surface area contributed by atoms with Crippen molar-refractivity contribution in [1.29, 1.82) is 0 Å². The molecule has 1 aromatic rings. The van der Waals surface area contributed by atoms with Crippen molar-refractivity contribution in [3.05, 3.63) is 35.4 Å². The molecule has 21 heavy (non-hydrogen) atoms. The van der Waals surface area contributed by atoms with Crippen LogP contribution in [0, 0.1) is 0 Å². The fourth-order valence-corrected chi connectivity index (χ4v) is 3.29. The highest BCUT2D eigenvalue weighted by atomic mass is 15.3. The molecule has 1 aromatic carbocycles. The monoisotopic (exact) mass is 287 g/mol. The summed E-state index contributed by atoms with van der Waals surface area (Å²) in [6.07, 6.45) is 2.72. The molecule has 1 saturated carbocycles. The second-order valence-corrected chi connectivity index (χ2v) is 7.03. The molecule has 1 heterocycles. The summed E-state index contributed by atoms with van der Waals surface area (Å²) in [6, 6.07) is 11.2. The van der Waals surface area contributed by atoms with Gasteiger partial charge < -0.3 is 5.32 Å². The third-order valence-electron chi connectivity index (χ3n) is 5.01. The van der Waals surface area contributed by atoms with Crippen LogP contribution in [0.4, 0.5) is 0 Å². The largest absolute Gasteiger partial charge is 0.310 e. The molecule has 1 saturated heterocycles. The fourth-order valence-electron chi connectivity index (χ4n) is 3.29. The van der Waals surface area contributed by atoms with Crippen LogP contribution in [0.1, 0.15) is 37.8 Å². The lowest BCUT2D eigenvalue weighted by atomic mass is 10.1. The van der Waals surface area contributed by atoms with Crippen LogP contribution in [0.15, 0.2) is 24.3 Å². The van der Waals surface area contributed by atoms with E-state index < -0.39 is 0 Å². The first-order valence-corrected chi connectivity index (χ1v) is 8.37. The summed E-state index contributed by atoms with van der Waals surface area (Å²) in [7, 11) is 2.25. The smallest absolute Gasteiger partial charge is 0.0235 e. The van der Waals surface area contributed by atoms with Crippen LogP contribution in [0.25, 0.3) is 0 Å². The zero-order valence-corrected chi connectivity index (χ0v) is 13.7. The van der Waals surface area contributed by atoms with Crippen LogP contribution >= 0.6 is 0 Å². The van der Waals surface area contributed by atoms with Gasteiger partial charge in [0, 0.05) is 44.3 Å². The summed E-state index contributed by atoms with van der Waals surface area (Å²) in [5.41, 5.74) is 2.88. The van der Waals surface area contributed by atoms with Gasteiger partial charge >= 0.3 is 0 Å². The van der Waals surface area contributed by atoms with Crippen LogP contribution in [-0.4, -0.2) is 48.1 Å². The maximum absolute atomic E-state index is 3.60. The van der Waals surface area contributed by atoms with Gasteiger partial charge in [-0.25, -0.2) is 0 Å². The highest BCUT2D eigenvalue weighted by Crippen LogP contribution is 2.20. The van der Waals surface area contributed by atoms with Gasteiger partial charge in [0.05, 0.1) is 0 Å². The van der Waals surface area contributed by atoms with Gasteiger partial charge in [-0.05, 0) is 44.9 Å². The highest BCUT2D eigenvalue weighted by Gasteiger charge is 2.26. The van der Waals surface area contributed by atoms with E-state index in [0.29, 0.717) is 12.1 Å². The second-order valence-electron chi connectivity index (χ2n) is 7.03. The molecule has 1 aliphatic carbocycles. The third-order valence-corrected chi connectivity index (χ3v) is 5.01. The van der Waals surface area contributed by atoms with Crippen molar-refractivity contribution in [2.75, 3.05) is 20.1 Å².